The van der Waals surface area contributed by atoms with Gasteiger partial charge in [-0.2, -0.15) is 5.10 Å². The predicted molar refractivity (Wildman–Crippen MR) is 153 cm³/mol. The van der Waals surface area contributed by atoms with Crippen LogP contribution in [-0.2, 0) is 29.9 Å². The minimum absolute atomic E-state index is 0.0291. The standard InChI is InChI=1S/C31H35F2N5O5/c1-37(19-31(40,20-38-22-34-21-35-38)28-12-9-25(32)17-29(28)33)18-24-4-2-5-27(16-24)43-15-3-14-42-26-10-6-23(7-11-26)8-13-30(39)36-41/h2,4-7,9-12,16-17,21-22,40-41H,3,8,13-15,18-20H2,1H3,(H,36,39). The van der Waals surface area contributed by atoms with E-state index in [9.17, 15) is 18.7 Å². The van der Waals surface area contributed by atoms with Crippen LogP contribution >= 0.6 is 0 Å². The van der Waals surface area contributed by atoms with Crippen molar-refractivity contribution in [3.8, 4) is 11.5 Å². The first kappa shape index (κ1) is 31.5. The first-order valence-electron chi connectivity index (χ1n) is 13.8. The normalized spacial score (nSPS) is 12.6. The second-order valence-corrected chi connectivity index (χ2v) is 10.3. The van der Waals surface area contributed by atoms with Crippen LogP contribution in [0.15, 0.2) is 79.4 Å². The Bertz CT molecular complexity index is 1460. The maximum atomic E-state index is 14.7. The number of aliphatic hydroxyl groups is 1. The van der Waals surface area contributed by atoms with Gasteiger partial charge in [-0.3, -0.25) is 14.9 Å². The molecule has 3 N–H and O–H groups in total. The van der Waals surface area contributed by atoms with Crippen LogP contribution in [0.4, 0.5) is 8.78 Å². The summed E-state index contributed by atoms with van der Waals surface area (Å²) in [5.41, 5.74) is 1.78. The fraction of sp³-hybridized carbons (Fsp3) is 0.323. The SMILES string of the molecule is CN(Cc1cccc(OCCCOc2ccc(CCC(=O)NO)cc2)c1)CC(O)(Cn1cncn1)c1ccc(F)cc1F. The molecule has 10 nitrogen and oxygen atoms in total. The Morgan fingerprint density at radius 1 is 1.02 bits per heavy atom. The van der Waals surface area contributed by atoms with Crippen molar-refractivity contribution in [3.63, 3.8) is 0 Å². The van der Waals surface area contributed by atoms with Gasteiger partial charge >= 0.3 is 0 Å². The van der Waals surface area contributed by atoms with E-state index in [1.807, 2.05) is 53.4 Å². The minimum Gasteiger partial charge on any atom is -0.493 e. The monoisotopic (exact) mass is 595 g/mol. The van der Waals surface area contributed by atoms with Gasteiger partial charge in [0.25, 0.3) is 0 Å². The highest BCUT2D eigenvalue weighted by molar-refractivity contribution is 5.74. The molecule has 1 aromatic heterocycles. The second kappa shape index (κ2) is 15.2. The quantitative estimate of drug-likeness (QED) is 0.101. The van der Waals surface area contributed by atoms with Crippen LogP contribution in [0.25, 0.3) is 0 Å². The zero-order chi connectivity index (χ0) is 30.7. The summed E-state index contributed by atoms with van der Waals surface area (Å²) < 4.78 is 41.4. The van der Waals surface area contributed by atoms with E-state index in [4.69, 9.17) is 14.7 Å². The van der Waals surface area contributed by atoms with Gasteiger partial charge in [-0.05, 0) is 54.9 Å². The van der Waals surface area contributed by atoms with Gasteiger partial charge in [0, 0.05) is 37.6 Å². The Labute approximate surface area is 248 Å². The predicted octanol–water partition coefficient (Wildman–Crippen LogP) is 3.86. The van der Waals surface area contributed by atoms with Crippen molar-refractivity contribution >= 4 is 5.91 Å². The number of nitrogens with zero attached hydrogens (tertiary/aromatic N) is 4. The van der Waals surface area contributed by atoms with E-state index in [0.29, 0.717) is 44.1 Å². The molecule has 0 bridgehead atoms. The van der Waals surface area contributed by atoms with Crippen molar-refractivity contribution in [1.82, 2.24) is 25.1 Å². The largest absolute Gasteiger partial charge is 0.493 e. The molecule has 4 aromatic rings. The molecule has 0 saturated heterocycles. The molecule has 1 atom stereocenters. The summed E-state index contributed by atoms with van der Waals surface area (Å²) in [6.07, 6.45) is 4.13. The number of hydrogen-bond donors (Lipinski definition) is 3. The first-order valence-corrected chi connectivity index (χ1v) is 13.8. The van der Waals surface area contributed by atoms with Crippen LogP contribution < -0.4 is 15.0 Å². The molecule has 0 aliphatic heterocycles. The molecule has 0 fully saturated rings. The highest BCUT2D eigenvalue weighted by Gasteiger charge is 2.35. The molecule has 0 spiro atoms. The van der Waals surface area contributed by atoms with Crippen LogP contribution in [0.3, 0.4) is 0 Å². The van der Waals surface area contributed by atoms with E-state index in [-0.39, 0.29) is 25.1 Å². The number of ether oxygens (including phenoxy) is 2. The number of hydrogen-bond acceptors (Lipinski definition) is 8. The summed E-state index contributed by atoms with van der Waals surface area (Å²) in [6.45, 7) is 1.30. The molecular formula is C31H35F2N5O5. The van der Waals surface area contributed by atoms with Crippen molar-refractivity contribution in [1.29, 1.82) is 0 Å². The Balaban J connectivity index is 1.26. The zero-order valence-electron chi connectivity index (χ0n) is 23.8. The van der Waals surface area contributed by atoms with E-state index in [1.165, 1.54) is 23.4 Å². The molecule has 43 heavy (non-hydrogen) atoms. The number of halogens is 2. The van der Waals surface area contributed by atoms with Gasteiger partial charge in [0.1, 0.15) is 41.4 Å². The Morgan fingerprint density at radius 2 is 1.79 bits per heavy atom. The van der Waals surface area contributed by atoms with Crippen LogP contribution in [-0.4, -0.2) is 62.7 Å². The number of carbonyl (C=O) groups excluding carboxylic acids is 1. The lowest BCUT2D eigenvalue weighted by Crippen LogP contribution is -2.43. The zero-order valence-corrected chi connectivity index (χ0v) is 23.8. The Morgan fingerprint density at radius 3 is 2.49 bits per heavy atom. The molecule has 0 aliphatic carbocycles. The number of rotatable bonds is 16. The van der Waals surface area contributed by atoms with Crippen LogP contribution in [0.1, 0.15) is 29.5 Å². The maximum absolute atomic E-state index is 14.7. The highest BCUT2D eigenvalue weighted by Crippen LogP contribution is 2.28. The van der Waals surface area contributed by atoms with Gasteiger partial charge < -0.3 is 14.6 Å². The number of benzene rings is 3. The van der Waals surface area contributed by atoms with E-state index in [2.05, 4.69) is 10.1 Å². The molecule has 0 saturated carbocycles. The van der Waals surface area contributed by atoms with E-state index in [1.54, 1.807) is 12.5 Å². The molecule has 0 radical (unpaired) electrons. The van der Waals surface area contributed by atoms with Gasteiger partial charge in [-0.25, -0.2) is 23.9 Å². The number of hydroxylamine groups is 1. The molecular weight excluding hydrogens is 560 g/mol. The summed E-state index contributed by atoms with van der Waals surface area (Å²) >= 11 is 0. The first-order chi connectivity index (χ1) is 20.7. The molecule has 3 aromatic carbocycles. The topological polar surface area (TPSA) is 122 Å². The maximum Gasteiger partial charge on any atom is 0.243 e. The highest BCUT2D eigenvalue weighted by atomic mass is 19.1. The number of carbonyl (C=O) groups is 1. The number of nitrogens with one attached hydrogen (secondary N) is 1. The van der Waals surface area contributed by atoms with Crippen molar-refractivity contribution in [2.75, 3.05) is 26.8 Å². The number of aromatic nitrogens is 3. The lowest BCUT2D eigenvalue weighted by Gasteiger charge is -2.33. The van der Waals surface area contributed by atoms with Crippen molar-refractivity contribution in [3.05, 3.63) is 108 Å². The number of amides is 1. The van der Waals surface area contributed by atoms with Crippen LogP contribution in [0, 0.1) is 11.6 Å². The van der Waals surface area contributed by atoms with E-state index >= 15 is 0 Å². The van der Waals surface area contributed by atoms with Gasteiger partial charge in [0.2, 0.25) is 5.91 Å². The third kappa shape index (κ3) is 9.57. The summed E-state index contributed by atoms with van der Waals surface area (Å²) in [4.78, 5) is 16.9. The van der Waals surface area contributed by atoms with Crippen molar-refractivity contribution in [2.45, 2.75) is 38.0 Å². The summed E-state index contributed by atoms with van der Waals surface area (Å²) in [5, 5.41) is 24.2. The smallest absolute Gasteiger partial charge is 0.243 e. The van der Waals surface area contributed by atoms with Gasteiger partial charge in [0.15, 0.2) is 0 Å². The summed E-state index contributed by atoms with van der Waals surface area (Å²) in [5.74, 6) is -0.590. The third-order valence-corrected chi connectivity index (χ3v) is 6.72. The average molecular weight is 596 g/mol. The second-order valence-electron chi connectivity index (χ2n) is 10.3. The van der Waals surface area contributed by atoms with Crippen molar-refractivity contribution < 1.29 is 33.4 Å². The van der Waals surface area contributed by atoms with E-state index in [0.717, 1.165) is 23.3 Å². The third-order valence-electron chi connectivity index (χ3n) is 6.72. The molecule has 12 heteroatoms. The molecule has 0 aliphatic rings. The Kier molecular flexibility index (Phi) is 11.1. The van der Waals surface area contributed by atoms with Gasteiger partial charge in [0.05, 0.1) is 19.8 Å². The van der Waals surface area contributed by atoms with Gasteiger partial charge in [-0.15, -0.1) is 0 Å². The Hall–Kier alpha value is -4.39. The fourth-order valence-corrected chi connectivity index (χ4v) is 4.72. The lowest BCUT2D eigenvalue weighted by molar-refractivity contribution is -0.129. The van der Waals surface area contributed by atoms with Crippen LogP contribution in [0.2, 0.25) is 0 Å². The molecule has 228 valence electrons. The average Bonchev–Trinajstić information content (AvgIpc) is 3.49. The van der Waals surface area contributed by atoms with Crippen molar-refractivity contribution in [2.24, 2.45) is 0 Å². The van der Waals surface area contributed by atoms with E-state index < -0.39 is 23.1 Å². The fourth-order valence-electron chi connectivity index (χ4n) is 4.72. The molecule has 1 amide bonds. The van der Waals surface area contributed by atoms with Gasteiger partial charge in [-0.1, -0.05) is 30.3 Å². The molecule has 1 unspecified atom stereocenters. The molecule has 4 rings (SSSR count). The number of aryl methyl sites for hydroxylation is 1. The summed E-state index contributed by atoms with van der Waals surface area (Å²) in [7, 11) is 1.80. The summed E-state index contributed by atoms with van der Waals surface area (Å²) in [6, 6.07) is 18.1. The minimum atomic E-state index is -1.70. The molecule has 1 heterocycles. The lowest BCUT2D eigenvalue weighted by atomic mass is 9.92. The number of likely N-dealkylation sites (N-methyl/N-ethyl adjacent to an activating group) is 1. The van der Waals surface area contributed by atoms with Crippen LogP contribution in [0.5, 0.6) is 11.5 Å².